The van der Waals surface area contributed by atoms with Crippen LogP contribution in [0.4, 0.5) is 0 Å². The van der Waals surface area contributed by atoms with Gasteiger partial charge in [-0.1, -0.05) is 20.8 Å². The van der Waals surface area contributed by atoms with Gasteiger partial charge in [0, 0.05) is 28.9 Å². The van der Waals surface area contributed by atoms with Crippen molar-refractivity contribution in [1.82, 2.24) is 0 Å². The molecule has 28 heavy (non-hydrogen) atoms. The number of carbonyl (C=O) groups excluding carboxylic acids is 3. The van der Waals surface area contributed by atoms with Crippen molar-refractivity contribution in [1.29, 1.82) is 0 Å². The average molecular weight is 386 g/mol. The van der Waals surface area contributed by atoms with E-state index in [1.807, 2.05) is 19.1 Å². The van der Waals surface area contributed by atoms with Crippen LogP contribution in [-0.2, 0) is 28.6 Å². The molecule has 1 fully saturated rings. The van der Waals surface area contributed by atoms with E-state index in [9.17, 15) is 14.4 Å². The van der Waals surface area contributed by atoms with Gasteiger partial charge >= 0.3 is 17.9 Å². The van der Waals surface area contributed by atoms with Crippen molar-refractivity contribution in [3.63, 3.8) is 0 Å². The highest BCUT2D eigenvalue weighted by Crippen LogP contribution is 2.54. The molecule has 0 radical (unpaired) electrons. The maximum atomic E-state index is 12.3. The molecule has 0 bridgehead atoms. The second-order valence-electron chi connectivity index (χ2n) is 8.49. The highest BCUT2D eigenvalue weighted by Gasteiger charge is 2.52. The van der Waals surface area contributed by atoms with Crippen LogP contribution in [-0.4, -0.2) is 30.1 Å². The summed E-state index contributed by atoms with van der Waals surface area (Å²) >= 11 is 0. The number of rotatable bonds is 4. The molecule has 1 heterocycles. The van der Waals surface area contributed by atoms with E-state index in [0.717, 1.165) is 24.0 Å². The molecule has 1 saturated carbocycles. The van der Waals surface area contributed by atoms with Gasteiger partial charge in [0.05, 0.1) is 5.92 Å². The quantitative estimate of drug-likeness (QED) is 0.544. The summed E-state index contributed by atoms with van der Waals surface area (Å²) < 4.78 is 16.9. The lowest BCUT2D eigenvalue weighted by Gasteiger charge is -2.48. The zero-order valence-electron chi connectivity index (χ0n) is 16.7. The molecule has 0 aromatic heterocycles. The standard InChI is InChI=1S/C22H26O6/c1-5-18(23)28-19-12(3)22(4)10-15-11(2)20(24)26-16(15)8-14(22)9-17(19)27-21(25)13-6-7-13/h8-9,12-13,17,19H,5-7,10H2,1-4H3/t12-,17-,19+,22+/m0/s1. The average Bonchev–Trinajstić information content (AvgIpc) is 3.47. The van der Waals surface area contributed by atoms with Crippen molar-refractivity contribution in [2.45, 2.75) is 65.6 Å². The van der Waals surface area contributed by atoms with Gasteiger partial charge in [0.15, 0.2) is 6.10 Å². The first-order chi connectivity index (χ1) is 13.2. The van der Waals surface area contributed by atoms with E-state index in [1.165, 1.54) is 0 Å². The lowest BCUT2D eigenvalue weighted by molar-refractivity contribution is -0.173. The van der Waals surface area contributed by atoms with E-state index < -0.39 is 12.2 Å². The van der Waals surface area contributed by atoms with E-state index >= 15 is 0 Å². The number of ether oxygens (including phenoxy) is 3. The molecule has 0 unspecified atom stereocenters. The van der Waals surface area contributed by atoms with Gasteiger partial charge in [0.25, 0.3) is 0 Å². The van der Waals surface area contributed by atoms with E-state index in [4.69, 9.17) is 14.2 Å². The molecule has 0 saturated heterocycles. The summed E-state index contributed by atoms with van der Waals surface area (Å²) in [4.78, 5) is 36.4. The van der Waals surface area contributed by atoms with Crippen LogP contribution in [0.1, 0.15) is 53.4 Å². The maximum Gasteiger partial charge on any atom is 0.339 e. The van der Waals surface area contributed by atoms with Gasteiger partial charge < -0.3 is 14.2 Å². The first kappa shape index (κ1) is 19.0. The smallest absolute Gasteiger partial charge is 0.339 e. The zero-order chi connectivity index (χ0) is 20.2. The lowest BCUT2D eigenvalue weighted by atomic mass is 9.60. The minimum absolute atomic E-state index is 0.0396. The Morgan fingerprint density at radius 1 is 1.29 bits per heavy atom. The van der Waals surface area contributed by atoms with Crippen LogP contribution in [0, 0.1) is 17.3 Å². The van der Waals surface area contributed by atoms with Crippen molar-refractivity contribution >= 4 is 17.9 Å². The van der Waals surface area contributed by atoms with Crippen LogP contribution >= 0.6 is 0 Å². The molecule has 150 valence electrons. The van der Waals surface area contributed by atoms with Gasteiger partial charge in [-0.15, -0.1) is 0 Å². The van der Waals surface area contributed by atoms with Crippen LogP contribution in [0.3, 0.4) is 0 Å². The van der Waals surface area contributed by atoms with Gasteiger partial charge in [-0.05, 0) is 43.9 Å². The molecule has 4 atom stereocenters. The molecule has 0 amide bonds. The summed E-state index contributed by atoms with van der Waals surface area (Å²) in [6.07, 6.45) is 5.13. The molecule has 0 N–H and O–H groups in total. The normalized spacial score (nSPS) is 34.0. The van der Waals surface area contributed by atoms with Gasteiger partial charge in [-0.25, -0.2) is 4.79 Å². The Bertz CT molecular complexity index is 843. The largest absolute Gasteiger partial charge is 0.458 e. The Balaban J connectivity index is 1.73. The first-order valence-electron chi connectivity index (χ1n) is 10.0. The Morgan fingerprint density at radius 3 is 2.64 bits per heavy atom. The summed E-state index contributed by atoms with van der Waals surface area (Å²) in [6, 6.07) is 0. The molecule has 3 aliphatic carbocycles. The summed E-state index contributed by atoms with van der Waals surface area (Å²) in [5, 5.41) is 0. The number of carbonyl (C=O) groups is 3. The van der Waals surface area contributed by atoms with Gasteiger partial charge in [0.2, 0.25) is 0 Å². The summed E-state index contributed by atoms with van der Waals surface area (Å²) in [5.74, 6) is -0.429. The Labute approximate surface area is 164 Å². The van der Waals surface area contributed by atoms with E-state index in [1.54, 1.807) is 13.8 Å². The van der Waals surface area contributed by atoms with Crippen LogP contribution in [0.25, 0.3) is 0 Å². The predicted molar refractivity (Wildman–Crippen MR) is 99.6 cm³/mol. The topological polar surface area (TPSA) is 78.9 Å². The fourth-order valence-corrected chi connectivity index (χ4v) is 4.29. The Kier molecular flexibility index (Phi) is 4.47. The second-order valence-corrected chi connectivity index (χ2v) is 8.49. The third-order valence-corrected chi connectivity index (χ3v) is 6.63. The molecular weight excluding hydrogens is 360 g/mol. The third-order valence-electron chi connectivity index (χ3n) is 6.63. The number of esters is 3. The fourth-order valence-electron chi connectivity index (χ4n) is 4.29. The molecule has 6 nitrogen and oxygen atoms in total. The number of fused-ring (bicyclic) bond motifs is 2. The van der Waals surface area contributed by atoms with Gasteiger partial charge in [0.1, 0.15) is 11.9 Å². The predicted octanol–water partition coefficient (Wildman–Crippen LogP) is 3.37. The number of hydrogen-bond acceptors (Lipinski definition) is 6. The van der Waals surface area contributed by atoms with Crippen molar-refractivity contribution < 1.29 is 28.6 Å². The van der Waals surface area contributed by atoms with Crippen LogP contribution < -0.4 is 0 Å². The summed E-state index contributed by atoms with van der Waals surface area (Å²) in [6.45, 7) is 7.64. The van der Waals surface area contributed by atoms with Crippen LogP contribution in [0.2, 0.25) is 0 Å². The van der Waals surface area contributed by atoms with Gasteiger partial charge in [-0.3, -0.25) is 9.59 Å². The SMILES string of the molecule is CCC(=O)O[C@H]1[C@@H](OC(=O)C2CC2)C=C2C=C3OC(=O)C(C)=C3C[C@]2(C)[C@H]1C. The molecule has 0 aromatic rings. The summed E-state index contributed by atoms with van der Waals surface area (Å²) in [7, 11) is 0. The molecule has 1 aliphatic heterocycles. The van der Waals surface area contributed by atoms with Crippen molar-refractivity contribution in [2.24, 2.45) is 17.3 Å². The second kappa shape index (κ2) is 6.61. The van der Waals surface area contributed by atoms with Crippen molar-refractivity contribution in [2.75, 3.05) is 0 Å². The maximum absolute atomic E-state index is 12.3. The van der Waals surface area contributed by atoms with Crippen LogP contribution in [0.5, 0.6) is 0 Å². The van der Waals surface area contributed by atoms with E-state index in [2.05, 4.69) is 6.92 Å². The Hall–Kier alpha value is -2.37. The third kappa shape index (κ3) is 2.99. The fraction of sp³-hybridized carbons (Fsp3) is 0.591. The van der Waals surface area contributed by atoms with Crippen molar-refractivity contribution in [3.8, 4) is 0 Å². The molecule has 0 aromatic carbocycles. The zero-order valence-corrected chi connectivity index (χ0v) is 16.7. The Morgan fingerprint density at radius 2 is 2.00 bits per heavy atom. The minimum atomic E-state index is -0.637. The van der Waals surface area contributed by atoms with E-state index in [-0.39, 0.29) is 41.6 Å². The first-order valence-corrected chi connectivity index (χ1v) is 10.0. The van der Waals surface area contributed by atoms with E-state index in [0.29, 0.717) is 17.8 Å². The highest BCUT2D eigenvalue weighted by atomic mass is 16.6. The lowest BCUT2D eigenvalue weighted by Crippen LogP contribution is -2.50. The van der Waals surface area contributed by atoms with Gasteiger partial charge in [-0.2, -0.15) is 0 Å². The summed E-state index contributed by atoms with van der Waals surface area (Å²) in [5.41, 5.74) is 2.14. The van der Waals surface area contributed by atoms with Crippen molar-refractivity contribution in [3.05, 3.63) is 34.6 Å². The molecule has 4 rings (SSSR count). The van der Waals surface area contributed by atoms with Crippen LogP contribution in [0.15, 0.2) is 34.6 Å². The minimum Gasteiger partial charge on any atom is -0.458 e. The monoisotopic (exact) mass is 386 g/mol. The molecule has 4 aliphatic rings. The molecule has 6 heteroatoms. The molecular formula is C22H26O6. The highest BCUT2D eigenvalue weighted by molar-refractivity contribution is 5.94. The number of hydrogen-bond donors (Lipinski definition) is 0. The number of allylic oxidation sites excluding steroid dienone is 3. The molecule has 0 spiro atoms.